The third kappa shape index (κ3) is 3.87. The molecule has 0 heteroatoms. The van der Waals surface area contributed by atoms with E-state index in [4.69, 9.17) is 0 Å². The summed E-state index contributed by atoms with van der Waals surface area (Å²) in [6.07, 6.45) is 7.57. The van der Waals surface area contributed by atoms with Gasteiger partial charge in [0.25, 0.3) is 0 Å². The number of rotatable bonds is 7. The summed E-state index contributed by atoms with van der Waals surface area (Å²) < 4.78 is 0. The fourth-order valence-electron chi connectivity index (χ4n) is 2.59. The number of unbranched alkanes of at least 4 members (excludes halogenated alkanes) is 1. The second-order valence-corrected chi connectivity index (χ2v) is 4.91. The molecule has 0 nitrogen and oxygen atoms in total. The van der Waals surface area contributed by atoms with Gasteiger partial charge in [-0.15, -0.1) is 0 Å². The lowest BCUT2D eigenvalue weighted by molar-refractivity contribution is 0.677. The molecule has 0 unspecified atom stereocenters. The minimum Gasteiger partial charge on any atom is -0.0654 e. The molecule has 1 radical (unpaired) electrons. The lowest BCUT2D eigenvalue weighted by Crippen LogP contribution is -2.05. The van der Waals surface area contributed by atoms with Crippen LogP contribution < -0.4 is 0 Å². The van der Waals surface area contributed by atoms with Gasteiger partial charge >= 0.3 is 0 Å². The summed E-state index contributed by atoms with van der Waals surface area (Å²) in [6, 6.07) is 6.78. The maximum absolute atomic E-state index is 2.33. The quantitative estimate of drug-likeness (QED) is 0.583. The SMILES string of the molecule is CCCC[C](CCC)c1cccc(C)c1CC. The van der Waals surface area contributed by atoms with E-state index in [1.165, 1.54) is 37.7 Å². The number of hydrogen-bond donors (Lipinski definition) is 0. The van der Waals surface area contributed by atoms with Crippen LogP contribution in [0, 0.1) is 12.8 Å². The molecule has 0 atom stereocenters. The summed E-state index contributed by atoms with van der Waals surface area (Å²) in [6.45, 7) is 9.08. The van der Waals surface area contributed by atoms with Crippen molar-refractivity contribution in [3.05, 3.63) is 40.8 Å². The number of hydrogen-bond acceptors (Lipinski definition) is 0. The zero-order valence-electron chi connectivity index (χ0n) is 12.0. The van der Waals surface area contributed by atoms with Crippen molar-refractivity contribution in [2.24, 2.45) is 0 Å². The van der Waals surface area contributed by atoms with Crippen molar-refractivity contribution in [3.63, 3.8) is 0 Å². The molecule has 0 saturated heterocycles. The van der Waals surface area contributed by atoms with Gasteiger partial charge in [0.2, 0.25) is 0 Å². The van der Waals surface area contributed by atoms with Crippen molar-refractivity contribution in [2.45, 2.75) is 66.2 Å². The molecule has 0 saturated carbocycles. The summed E-state index contributed by atoms with van der Waals surface area (Å²) in [4.78, 5) is 0. The Morgan fingerprint density at radius 3 is 2.35 bits per heavy atom. The first-order valence-electron chi connectivity index (χ1n) is 7.18. The van der Waals surface area contributed by atoms with Crippen LogP contribution in [0.2, 0.25) is 0 Å². The van der Waals surface area contributed by atoms with E-state index in [9.17, 15) is 0 Å². The molecule has 0 bridgehead atoms. The third-order valence-corrected chi connectivity index (χ3v) is 3.53. The monoisotopic (exact) mass is 231 g/mol. The van der Waals surface area contributed by atoms with Crippen molar-refractivity contribution < 1.29 is 0 Å². The second kappa shape index (κ2) is 7.53. The average Bonchev–Trinajstić information content (AvgIpc) is 2.34. The van der Waals surface area contributed by atoms with Crippen molar-refractivity contribution in [3.8, 4) is 0 Å². The van der Waals surface area contributed by atoms with Crippen molar-refractivity contribution in [2.75, 3.05) is 0 Å². The lowest BCUT2D eigenvalue weighted by atomic mass is 9.84. The minimum atomic E-state index is 1.15. The molecule has 1 aromatic rings. The first-order chi connectivity index (χ1) is 8.24. The van der Waals surface area contributed by atoms with Gasteiger partial charge in [-0.05, 0) is 42.9 Å². The Hall–Kier alpha value is -0.780. The third-order valence-electron chi connectivity index (χ3n) is 3.53. The fraction of sp³-hybridized carbons (Fsp3) is 0.588. The van der Waals surface area contributed by atoms with Crippen LogP contribution in [0.5, 0.6) is 0 Å². The van der Waals surface area contributed by atoms with Crippen LogP contribution >= 0.6 is 0 Å². The van der Waals surface area contributed by atoms with E-state index in [2.05, 4.69) is 45.9 Å². The van der Waals surface area contributed by atoms with Crippen molar-refractivity contribution in [1.29, 1.82) is 0 Å². The zero-order chi connectivity index (χ0) is 12.7. The molecule has 0 aliphatic carbocycles. The Morgan fingerprint density at radius 2 is 1.76 bits per heavy atom. The smallest absolute Gasteiger partial charge is 0.00526 e. The van der Waals surface area contributed by atoms with Gasteiger partial charge in [0, 0.05) is 5.92 Å². The van der Waals surface area contributed by atoms with Crippen LogP contribution in [0.4, 0.5) is 0 Å². The first-order valence-corrected chi connectivity index (χ1v) is 7.18. The van der Waals surface area contributed by atoms with E-state index >= 15 is 0 Å². The maximum Gasteiger partial charge on any atom is 0.00526 e. The Bertz CT molecular complexity index is 325. The molecule has 1 rings (SSSR count). The van der Waals surface area contributed by atoms with Gasteiger partial charge in [0.15, 0.2) is 0 Å². The highest BCUT2D eigenvalue weighted by Gasteiger charge is 2.15. The molecular weight excluding hydrogens is 204 g/mol. The molecule has 0 heterocycles. The Morgan fingerprint density at radius 1 is 1.00 bits per heavy atom. The summed E-state index contributed by atoms with van der Waals surface area (Å²) in [7, 11) is 0. The van der Waals surface area contributed by atoms with E-state index in [1.807, 2.05) is 0 Å². The molecule has 0 aromatic heterocycles. The highest BCUT2D eigenvalue weighted by molar-refractivity contribution is 5.43. The normalized spacial score (nSPS) is 11.1. The molecule has 0 aliphatic heterocycles. The van der Waals surface area contributed by atoms with E-state index < -0.39 is 0 Å². The van der Waals surface area contributed by atoms with Crippen LogP contribution in [0.3, 0.4) is 0 Å². The predicted molar refractivity (Wildman–Crippen MR) is 77.3 cm³/mol. The highest BCUT2D eigenvalue weighted by atomic mass is 14.2. The topological polar surface area (TPSA) is 0 Å². The average molecular weight is 231 g/mol. The molecule has 0 N–H and O–H groups in total. The zero-order valence-corrected chi connectivity index (χ0v) is 12.0. The van der Waals surface area contributed by atoms with E-state index in [0.29, 0.717) is 0 Å². The molecular formula is C17H27. The Labute approximate surface area is 107 Å². The van der Waals surface area contributed by atoms with Crippen molar-refractivity contribution >= 4 is 0 Å². The van der Waals surface area contributed by atoms with Crippen LogP contribution in [0.15, 0.2) is 18.2 Å². The molecule has 1 aromatic carbocycles. The first kappa shape index (κ1) is 14.3. The molecule has 0 amide bonds. The molecule has 17 heavy (non-hydrogen) atoms. The van der Waals surface area contributed by atoms with Gasteiger partial charge < -0.3 is 0 Å². The van der Waals surface area contributed by atoms with Crippen LogP contribution in [-0.4, -0.2) is 0 Å². The lowest BCUT2D eigenvalue weighted by Gasteiger charge is -2.20. The van der Waals surface area contributed by atoms with Gasteiger partial charge in [-0.3, -0.25) is 0 Å². The summed E-state index contributed by atoms with van der Waals surface area (Å²) in [5.74, 6) is 1.68. The van der Waals surface area contributed by atoms with Gasteiger partial charge in [0.05, 0.1) is 0 Å². The molecule has 0 fully saturated rings. The second-order valence-electron chi connectivity index (χ2n) is 4.91. The molecule has 0 aliphatic rings. The largest absolute Gasteiger partial charge is 0.0654 e. The van der Waals surface area contributed by atoms with Gasteiger partial charge in [-0.25, -0.2) is 0 Å². The Kier molecular flexibility index (Phi) is 6.32. The van der Waals surface area contributed by atoms with Crippen LogP contribution in [-0.2, 0) is 6.42 Å². The number of aryl methyl sites for hydroxylation is 1. The summed E-state index contributed by atoms with van der Waals surface area (Å²) in [5, 5.41) is 0. The molecule has 95 valence electrons. The van der Waals surface area contributed by atoms with E-state index in [1.54, 1.807) is 17.0 Å². The highest BCUT2D eigenvalue weighted by Crippen LogP contribution is 2.30. The van der Waals surface area contributed by atoms with Crippen LogP contribution in [0.25, 0.3) is 0 Å². The number of benzene rings is 1. The maximum atomic E-state index is 2.33. The van der Waals surface area contributed by atoms with Crippen LogP contribution in [0.1, 0.15) is 69.6 Å². The van der Waals surface area contributed by atoms with Crippen molar-refractivity contribution in [1.82, 2.24) is 0 Å². The van der Waals surface area contributed by atoms with Gasteiger partial charge in [0.1, 0.15) is 0 Å². The van der Waals surface area contributed by atoms with E-state index in [0.717, 1.165) is 6.42 Å². The minimum absolute atomic E-state index is 1.15. The predicted octanol–water partition coefficient (Wildman–Crippen LogP) is 5.47. The van der Waals surface area contributed by atoms with E-state index in [-0.39, 0.29) is 0 Å². The van der Waals surface area contributed by atoms with Gasteiger partial charge in [-0.2, -0.15) is 0 Å². The molecule has 0 spiro atoms. The fourth-order valence-corrected chi connectivity index (χ4v) is 2.59. The summed E-state index contributed by atoms with van der Waals surface area (Å²) >= 11 is 0. The standard InChI is InChI=1S/C17H27/c1-5-8-12-15(10-6-2)17-13-9-11-14(4)16(17)7-3/h9,11,13H,5-8,10,12H2,1-4H3. The van der Waals surface area contributed by atoms with Gasteiger partial charge in [-0.1, -0.05) is 58.2 Å². The summed E-state index contributed by atoms with van der Waals surface area (Å²) in [5.41, 5.74) is 4.56. The Balaban J connectivity index is 2.95.